The first-order valence-electron chi connectivity index (χ1n) is 10.6. The maximum Gasteiger partial charge on any atom is 0.171 e. The molecule has 2 heterocycles. The van der Waals surface area contributed by atoms with E-state index >= 15 is 0 Å². The molecule has 1 aliphatic heterocycles. The summed E-state index contributed by atoms with van der Waals surface area (Å²) in [5.41, 5.74) is 1.53. The quantitative estimate of drug-likeness (QED) is 0.429. The molecule has 8 heteroatoms. The molecule has 1 aromatic heterocycles. The number of benzene rings is 2. The number of halogens is 2. The number of nitrogens with zero attached hydrogens (tertiary/aromatic N) is 2. The SMILES string of the molecule is C[C@H](NC(=S)Nc1cccc(Cl)c1)[C@H](c1cccs1)N1CCN(c2ccccc2F)CC1. The summed E-state index contributed by atoms with van der Waals surface area (Å²) < 4.78 is 14.2. The van der Waals surface area contributed by atoms with E-state index in [9.17, 15) is 4.39 Å². The van der Waals surface area contributed by atoms with Gasteiger partial charge in [0.25, 0.3) is 0 Å². The van der Waals surface area contributed by atoms with E-state index in [-0.39, 0.29) is 17.9 Å². The zero-order chi connectivity index (χ0) is 22.5. The van der Waals surface area contributed by atoms with Gasteiger partial charge in [0, 0.05) is 47.8 Å². The molecule has 1 aliphatic rings. The Morgan fingerprint density at radius 1 is 1.06 bits per heavy atom. The van der Waals surface area contributed by atoms with Crippen molar-refractivity contribution < 1.29 is 4.39 Å². The fourth-order valence-corrected chi connectivity index (χ4v) is 5.63. The number of thiophene rings is 1. The number of rotatable bonds is 6. The molecule has 4 rings (SSSR count). The molecule has 2 N–H and O–H groups in total. The second kappa shape index (κ2) is 10.6. The van der Waals surface area contributed by atoms with Gasteiger partial charge in [-0.25, -0.2) is 4.39 Å². The van der Waals surface area contributed by atoms with Crippen LogP contribution < -0.4 is 15.5 Å². The fourth-order valence-electron chi connectivity index (χ4n) is 4.17. The van der Waals surface area contributed by atoms with Gasteiger partial charge in [-0.1, -0.05) is 35.9 Å². The highest BCUT2D eigenvalue weighted by atomic mass is 35.5. The molecule has 168 valence electrons. The molecular weight excluding hydrogens is 463 g/mol. The van der Waals surface area contributed by atoms with Crippen LogP contribution in [-0.2, 0) is 0 Å². The first kappa shape index (κ1) is 23.0. The van der Waals surface area contributed by atoms with E-state index in [0.717, 1.165) is 31.9 Å². The van der Waals surface area contributed by atoms with Crippen molar-refractivity contribution >= 4 is 51.6 Å². The van der Waals surface area contributed by atoms with Crippen molar-refractivity contribution in [1.29, 1.82) is 0 Å². The summed E-state index contributed by atoms with van der Waals surface area (Å²) in [6.45, 7) is 5.40. The Morgan fingerprint density at radius 3 is 2.53 bits per heavy atom. The van der Waals surface area contributed by atoms with Gasteiger partial charge < -0.3 is 15.5 Å². The molecule has 2 atom stereocenters. The van der Waals surface area contributed by atoms with Crippen LogP contribution in [0.3, 0.4) is 0 Å². The van der Waals surface area contributed by atoms with E-state index < -0.39 is 0 Å². The van der Waals surface area contributed by atoms with Gasteiger partial charge in [0.1, 0.15) is 5.82 Å². The van der Waals surface area contributed by atoms with Gasteiger partial charge in [0.2, 0.25) is 0 Å². The van der Waals surface area contributed by atoms with Crippen molar-refractivity contribution in [3.63, 3.8) is 0 Å². The number of thiocarbonyl (C=S) groups is 1. The third-order valence-electron chi connectivity index (χ3n) is 5.65. The Bertz CT molecular complexity index is 1040. The number of anilines is 2. The number of nitrogens with one attached hydrogen (secondary N) is 2. The molecule has 0 spiro atoms. The lowest BCUT2D eigenvalue weighted by molar-refractivity contribution is 0.163. The van der Waals surface area contributed by atoms with Crippen molar-refractivity contribution in [2.45, 2.75) is 19.0 Å². The summed E-state index contributed by atoms with van der Waals surface area (Å²) >= 11 is 13.4. The van der Waals surface area contributed by atoms with E-state index in [1.54, 1.807) is 17.4 Å². The minimum absolute atomic E-state index is 0.0767. The van der Waals surface area contributed by atoms with E-state index in [1.807, 2.05) is 36.4 Å². The average Bonchev–Trinajstić information content (AvgIpc) is 3.29. The third kappa shape index (κ3) is 5.59. The van der Waals surface area contributed by atoms with Crippen molar-refractivity contribution in [1.82, 2.24) is 10.2 Å². The zero-order valence-corrected chi connectivity index (χ0v) is 20.2. The maximum atomic E-state index is 14.2. The molecule has 0 unspecified atom stereocenters. The first-order chi connectivity index (χ1) is 15.5. The fraction of sp³-hybridized carbons (Fsp3) is 0.292. The molecule has 4 nitrogen and oxygen atoms in total. The Morgan fingerprint density at radius 2 is 1.84 bits per heavy atom. The molecule has 2 aromatic carbocycles. The van der Waals surface area contributed by atoms with E-state index in [2.05, 4.69) is 44.9 Å². The highest BCUT2D eigenvalue weighted by Crippen LogP contribution is 2.30. The molecule has 0 aliphatic carbocycles. The highest BCUT2D eigenvalue weighted by molar-refractivity contribution is 7.80. The van der Waals surface area contributed by atoms with Gasteiger partial charge in [0.15, 0.2) is 5.11 Å². The second-order valence-electron chi connectivity index (χ2n) is 7.83. The van der Waals surface area contributed by atoms with Gasteiger partial charge in [-0.2, -0.15) is 0 Å². The van der Waals surface area contributed by atoms with Crippen LogP contribution in [0.15, 0.2) is 66.0 Å². The number of hydrogen-bond donors (Lipinski definition) is 2. The predicted octanol–water partition coefficient (Wildman–Crippen LogP) is 5.78. The smallest absolute Gasteiger partial charge is 0.171 e. The van der Waals surface area contributed by atoms with E-state index in [0.29, 0.717) is 15.8 Å². The molecule has 0 saturated carbocycles. The topological polar surface area (TPSA) is 30.5 Å². The Hall–Kier alpha value is -2.19. The van der Waals surface area contributed by atoms with E-state index in [1.165, 1.54) is 10.9 Å². The molecular formula is C24H26ClFN4S2. The lowest BCUT2D eigenvalue weighted by Crippen LogP contribution is -2.52. The third-order valence-corrected chi connectivity index (χ3v) is 7.05. The minimum atomic E-state index is -0.164. The average molecular weight is 489 g/mol. The summed E-state index contributed by atoms with van der Waals surface area (Å²) in [7, 11) is 0. The molecule has 0 bridgehead atoms. The molecule has 32 heavy (non-hydrogen) atoms. The molecule has 0 amide bonds. The molecule has 1 saturated heterocycles. The van der Waals surface area contributed by atoms with Gasteiger partial charge in [-0.3, -0.25) is 4.90 Å². The number of piperazine rings is 1. The van der Waals surface area contributed by atoms with Crippen LogP contribution in [0.25, 0.3) is 0 Å². The van der Waals surface area contributed by atoms with Crippen LogP contribution >= 0.6 is 35.2 Å². The van der Waals surface area contributed by atoms with Gasteiger partial charge >= 0.3 is 0 Å². The second-order valence-corrected chi connectivity index (χ2v) is 9.66. The summed E-state index contributed by atoms with van der Waals surface area (Å²) in [6, 6.07) is 19.0. The van der Waals surface area contributed by atoms with Gasteiger partial charge in [-0.05, 0) is 60.9 Å². The lowest BCUT2D eigenvalue weighted by atomic mass is 10.0. The van der Waals surface area contributed by atoms with Crippen molar-refractivity contribution in [2.75, 3.05) is 36.4 Å². The van der Waals surface area contributed by atoms with Crippen molar-refractivity contribution in [3.8, 4) is 0 Å². The van der Waals surface area contributed by atoms with Crippen molar-refractivity contribution in [2.24, 2.45) is 0 Å². The Balaban J connectivity index is 1.43. The highest BCUT2D eigenvalue weighted by Gasteiger charge is 2.31. The van der Waals surface area contributed by atoms with E-state index in [4.69, 9.17) is 23.8 Å². The monoisotopic (exact) mass is 488 g/mol. The summed E-state index contributed by atoms with van der Waals surface area (Å²) in [5.74, 6) is -0.164. The van der Waals surface area contributed by atoms with Crippen LogP contribution in [0.2, 0.25) is 5.02 Å². The normalized spacial score (nSPS) is 16.4. The summed E-state index contributed by atoms with van der Waals surface area (Å²) in [4.78, 5) is 5.87. The summed E-state index contributed by atoms with van der Waals surface area (Å²) in [6.07, 6.45) is 0. The van der Waals surface area contributed by atoms with Gasteiger partial charge in [0.05, 0.1) is 11.7 Å². The largest absolute Gasteiger partial charge is 0.367 e. The summed E-state index contributed by atoms with van der Waals surface area (Å²) in [5, 5.41) is 10.0. The van der Waals surface area contributed by atoms with Crippen molar-refractivity contribution in [3.05, 3.63) is 81.8 Å². The number of hydrogen-bond acceptors (Lipinski definition) is 4. The van der Waals surface area contributed by atoms with Crippen LogP contribution in [0.5, 0.6) is 0 Å². The molecule has 0 radical (unpaired) electrons. The molecule has 1 fully saturated rings. The van der Waals surface area contributed by atoms with Crippen LogP contribution in [0, 0.1) is 5.82 Å². The Labute approximate surface area is 203 Å². The number of para-hydroxylation sites is 1. The predicted molar refractivity (Wildman–Crippen MR) is 138 cm³/mol. The zero-order valence-electron chi connectivity index (χ0n) is 17.8. The Kier molecular flexibility index (Phi) is 7.63. The molecule has 3 aromatic rings. The maximum absolute atomic E-state index is 14.2. The minimum Gasteiger partial charge on any atom is -0.367 e. The first-order valence-corrected chi connectivity index (χ1v) is 12.3. The lowest BCUT2D eigenvalue weighted by Gasteiger charge is -2.42. The van der Waals surface area contributed by atoms with Crippen LogP contribution in [0.1, 0.15) is 17.8 Å². The van der Waals surface area contributed by atoms with Crippen LogP contribution in [-0.4, -0.2) is 42.2 Å². The standard InChI is InChI=1S/C24H26ClFN4S2/c1-17(27-24(31)28-19-7-4-6-18(25)16-19)23(22-10-5-15-32-22)30-13-11-29(12-14-30)21-9-3-2-8-20(21)26/h2-10,15-17,23H,11-14H2,1H3,(H2,27,28,31)/t17-,23+/m0/s1. The van der Waals surface area contributed by atoms with Gasteiger partial charge in [-0.15, -0.1) is 11.3 Å². The van der Waals surface area contributed by atoms with Crippen LogP contribution in [0.4, 0.5) is 15.8 Å².